The summed E-state index contributed by atoms with van der Waals surface area (Å²) < 4.78 is 13.9. The van der Waals surface area contributed by atoms with Gasteiger partial charge in [-0.25, -0.2) is 4.98 Å². The molecule has 1 fully saturated rings. The Morgan fingerprint density at radius 3 is 2.58 bits per heavy atom. The van der Waals surface area contributed by atoms with Crippen LogP contribution >= 0.6 is 0 Å². The van der Waals surface area contributed by atoms with E-state index in [1.807, 2.05) is 66.4 Å². The minimum absolute atomic E-state index is 0.0383. The number of carbonyl (C=O) groups is 1. The Bertz CT molecular complexity index is 1360. The zero-order chi connectivity index (χ0) is 25.1. The molecular weight excluding hydrogens is 450 g/mol. The van der Waals surface area contributed by atoms with Crippen LogP contribution in [0.1, 0.15) is 42.6 Å². The second-order valence-electron chi connectivity index (χ2n) is 9.34. The highest BCUT2D eigenvalue weighted by Crippen LogP contribution is 2.34. The normalized spacial score (nSPS) is 15.6. The number of amides is 1. The molecule has 6 heteroatoms. The summed E-state index contributed by atoms with van der Waals surface area (Å²) in [5.74, 6) is 2.90. The zero-order valence-corrected chi connectivity index (χ0v) is 21.2. The van der Waals surface area contributed by atoms with Crippen LogP contribution < -0.4 is 14.4 Å². The first-order valence-electron chi connectivity index (χ1n) is 12.7. The van der Waals surface area contributed by atoms with Crippen molar-refractivity contribution >= 4 is 22.6 Å². The van der Waals surface area contributed by atoms with Gasteiger partial charge in [0.15, 0.2) is 0 Å². The van der Waals surface area contributed by atoms with Crippen LogP contribution in [0.25, 0.3) is 11.0 Å². The lowest BCUT2D eigenvalue weighted by Gasteiger charge is -2.18. The Labute approximate surface area is 212 Å². The van der Waals surface area contributed by atoms with Crippen LogP contribution in [-0.4, -0.2) is 35.2 Å². The van der Waals surface area contributed by atoms with Gasteiger partial charge < -0.3 is 18.9 Å². The third-order valence-electron chi connectivity index (χ3n) is 6.97. The van der Waals surface area contributed by atoms with Gasteiger partial charge in [0.1, 0.15) is 17.3 Å². The van der Waals surface area contributed by atoms with Crippen LogP contribution in [0.5, 0.6) is 11.5 Å². The molecule has 3 aromatic carbocycles. The highest BCUT2D eigenvalue weighted by Gasteiger charge is 2.34. The number of ether oxygens (including phenoxy) is 2. The summed E-state index contributed by atoms with van der Waals surface area (Å²) in [5.41, 5.74) is 5.39. The topological polar surface area (TPSA) is 56.6 Å². The van der Waals surface area contributed by atoms with E-state index >= 15 is 0 Å². The molecule has 1 unspecified atom stereocenters. The first-order chi connectivity index (χ1) is 17.5. The number of rotatable bonds is 9. The summed E-state index contributed by atoms with van der Waals surface area (Å²) in [4.78, 5) is 19.9. The van der Waals surface area contributed by atoms with Gasteiger partial charge in [-0.05, 0) is 80.8 Å². The smallest absolute Gasteiger partial charge is 0.227 e. The number of anilines is 1. The van der Waals surface area contributed by atoms with E-state index in [1.54, 1.807) is 0 Å². The lowest BCUT2D eigenvalue weighted by atomic mass is 10.1. The fraction of sp³-hybridized carbons (Fsp3) is 0.333. The maximum absolute atomic E-state index is 13.0. The van der Waals surface area contributed by atoms with E-state index in [-0.39, 0.29) is 11.8 Å². The van der Waals surface area contributed by atoms with Crippen molar-refractivity contribution in [3.05, 3.63) is 83.7 Å². The Morgan fingerprint density at radius 2 is 1.78 bits per heavy atom. The monoisotopic (exact) mass is 483 g/mol. The summed E-state index contributed by atoms with van der Waals surface area (Å²) in [7, 11) is 0. The Morgan fingerprint density at radius 1 is 0.972 bits per heavy atom. The van der Waals surface area contributed by atoms with E-state index in [0.717, 1.165) is 47.0 Å². The van der Waals surface area contributed by atoms with E-state index < -0.39 is 0 Å². The summed E-state index contributed by atoms with van der Waals surface area (Å²) in [5, 5.41) is 0. The molecule has 4 aromatic rings. The Balaban J connectivity index is 1.32. The van der Waals surface area contributed by atoms with E-state index in [9.17, 15) is 4.79 Å². The number of nitrogens with zero attached hydrogens (tertiary/aromatic N) is 3. The molecule has 186 valence electrons. The first kappa shape index (κ1) is 23.9. The van der Waals surface area contributed by atoms with E-state index in [4.69, 9.17) is 14.5 Å². The van der Waals surface area contributed by atoms with Gasteiger partial charge in [0, 0.05) is 31.1 Å². The van der Waals surface area contributed by atoms with Crippen LogP contribution in [0.2, 0.25) is 0 Å². The largest absolute Gasteiger partial charge is 0.494 e. The molecule has 5 rings (SSSR count). The highest BCUT2D eigenvalue weighted by atomic mass is 16.5. The summed E-state index contributed by atoms with van der Waals surface area (Å²) in [6.07, 6.45) is 1.31. The van der Waals surface area contributed by atoms with Gasteiger partial charge in [-0.1, -0.05) is 24.3 Å². The zero-order valence-electron chi connectivity index (χ0n) is 21.2. The minimum Gasteiger partial charge on any atom is -0.494 e. The van der Waals surface area contributed by atoms with E-state index in [1.165, 1.54) is 11.1 Å². The number of carbonyl (C=O) groups excluding carboxylic acids is 1. The van der Waals surface area contributed by atoms with Gasteiger partial charge in [0.2, 0.25) is 5.91 Å². The molecule has 2 heterocycles. The molecule has 1 aliphatic rings. The highest BCUT2D eigenvalue weighted by molar-refractivity contribution is 5.96. The van der Waals surface area contributed by atoms with Crippen molar-refractivity contribution in [3.63, 3.8) is 0 Å². The Hall–Kier alpha value is -3.80. The number of aromatic nitrogens is 2. The van der Waals surface area contributed by atoms with Crippen LogP contribution in [0.15, 0.2) is 66.7 Å². The van der Waals surface area contributed by atoms with Crippen molar-refractivity contribution in [3.8, 4) is 11.5 Å². The summed E-state index contributed by atoms with van der Waals surface area (Å²) >= 11 is 0. The lowest BCUT2D eigenvalue weighted by molar-refractivity contribution is -0.117. The van der Waals surface area contributed by atoms with Gasteiger partial charge in [0.05, 0.1) is 24.2 Å². The average molecular weight is 484 g/mol. The second kappa shape index (κ2) is 10.4. The van der Waals surface area contributed by atoms with Gasteiger partial charge in [-0.3, -0.25) is 4.79 Å². The van der Waals surface area contributed by atoms with Gasteiger partial charge in [-0.2, -0.15) is 0 Å². The van der Waals surface area contributed by atoms with Gasteiger partial charge >= 0.3 is 0 Å². The van der Waals surface area contributed by atoms with Crippen molar-refractivity contribution in [2.75, 3.05) is 24.7 Å². The molecule has 1 saturated heterocycles. The maximum atomic E-state index is 13.0. The van der Waals surface area contributed by atoms with Crippen molar-refractivity contribution in [1.82, 2.24) is 9.55 Å². The SMILES string of the molecule is CCOc1ccc(N2CC(c3nc4ccccc4n3CCCOc3cccc(C)c3C)CC2=O)cc1. The minimum atomic E-state index is 0.0383. The predicted molar refractivity (Wildman–Crippen MR) is 143 cm³/mol. The third-order valence-corrected chi connectivity index (χ3v) is 6.97. The molecule has 36 heavy (non-hydrogen) atoms. The number of benzene rings is 3. The molecule has 0 radical (unpaired) electrons. The molecule has 1 aliphatic heterocycles. The van der Waals surface area contributed by atoms with Crippen LogP contribution in [-0.2, 0) is 11.3 Å². The molecule has 0 N–H and O–H groups in total. The van der Waals surface area contributed by atoms with Gasteiger partial charge in [0.25, 0.3) is 0 Å². The summed E-state index contributed by atoms with van der Waals surface area (Å²) in [6, 6.07) is 22.1. The molecule has 1 aromatic heterocycles. The molecule has 1 amide bonds. The fourth-order valence-electron chi connectivity index (χ4n) is 4.95. The Kier molecular flexibility index (Phi) is 6.94. The summed E-state index contributed by atoms with van der Waals surface area (Å²) in [6.45, 7) is 8.81. The second-order valence-corrected chi connectivity index (χ2v) is 9.34. The number of aryl methyl sites for hydroxylation is 2. The van der Waals surface area contributed by atoms with Crippen molar-refractivity contribution in [1.29, 1.82) is 0 Å². The number of para-hydroxylation sites is 2. The first-order valence-corrected chi connectivity index (χ1v) is 12.7. The van der Waals surface area contributed by atoms with E-state index in [0.29, 0.717) is 26.2 Å². The molecule has 0 aliphatic carbocycles. The molecule has 1 atom stereocenters. The van der Waals surface area contributed by atoms with Crippen molar-refractivity contribution < 1.29 is 14.3 Å². The van der Waals surface area contributed by atoms with Crippen molar-refractivity contribution in [2.24, 2.45) is 0 Å². The predicted octanol–water partition coefficient (Wildman–Crippen LogP) is 6.04. The third kappa shape index (κ3) is 4.81. The van der Waals surface area contributed by atoms with Crippen LogP contribution in [0.4, 0.5) is 5.69 Å². The fourth-order valence-corrected chi connectivity index (χ4v) is 4.95. The molecule has 0 saturated carbocycles. The van der Waals surface area contributed by atoms with Crippen LogP contribution in [0.3, 0.4) is 0 Å². The average Bonchev–Trinajstić information content (AvgIpc) is 3.45. The number of hydrogen-bond acceptors (Lipinski definition) is 4. The van der Waals surface area contributed by atoms with Crippen molar-refractivity contribution in [2.45, 2.75) is 46.1 Å². The number of fused-ring (bicyclic) bond motifs is 1. The molecule has 6 nitrogen and oxygen atoms in total. The van der Waals surface area contributed by atoms with E-state index in [2.05, 4.69) is 30.5 Å². The number of hydrogen-bond donors (Lipinski definition) is 0. The molecule has 0 bridgehead atoms. The lowest BCUT2D eigenvalue weighted by Crippen LogP contribution is -2.24. The van der Waals surface area contributed by atoms with Crippen LogP contribution in [0, 0.1) is 13.8 Å². The maximum Gasteiger partial charge on any atom is 0.227 e. The number of imidazole rings is 1. The molecule has 0 spiro atoms. The quantitative estimate of drug-likeness (QED) is 0.272. The van der Waals surface area contributed by atoms with Gasteiger partial charge in [-0.15, -0.1) is 0 Å². The standard InChI is InChI=1S/C30H33N3O3/c1-4-35-25-15-13-24(14-16-25)33-20-23(19-29(33)34)30-31-26-10-5-6-11-27(26)32(30)17-8-18-36-28-12-7-9-21(2)22(28)3/h5-7,9-16,23H,4,8,17-20H2,1-3H3. The molecular formula is C30H33N3O3.